The Hall–Kier alpha value is -2.31. The first-order valence-corrected chi connectivity index (χ1v) is 12.8. The number of anilines is 1. The van der Waals surface area contributed by atoms with E-state index in [1.807, 2.05) is 23.5 Å². The average molecular weight is 547 g/mol. The van der Waals surface area contributed by atoms with Crippen LogP contribution in [-0.2, 0) is 11.0 Å². The molecule has 0 saturated carbocycles. The van der Waals surface area contributed by atoms with E-state index in [0.29, 0.717) is 12.0 Å². The summed E-state index contributed by atoms with van der Waals surface area (Å²) < 4.78 is 55.6. The zero-order chi connectivity index (χ0) is 25.8. The van der Waals surface area contributed by atoms with E-state index in [1.54, 1.807) is 13.1 Å². The second kappa shape index (κ2) is 11.6. The van der Waals surface area contributed by atoms with E-state index >= 15 is 0 Å². The molecule has 1 saturated heterocycles. The molecule has 5 nitrogen and oxygen atoms in total. The number of hydrogen-bond acceptors (Lipinski definition) is 6. The van der Waals surface area contributed by atoms with Gasteiger partial charge in [-0.3, -0.25) is 4.98 Å². The molecular formula is C23H23ClF4N4OS2. The second-order valence-electron chi connectivity index (χ2n) is 7.53. The average Bonchev–Trinajstić information content (AvgIpc) is 3.33. The van der Waals surface area contributed by atoms with Gasteiger partial charge in [0.2, 0.25) is 0 Å². The lowest BCUT2D eigenvalue weighted by Crippen LogP contribution is -2.41. The Labute approximate surface area is 212 Å². The van der Waals surface area contributed by atoms with Gasteiger partial charge in [-0.25, -0.2) is 13.4 Å². The Balaban J connectivity index is 0.000000287. The molecule has 0 amide bonds. The van der Waals surface area contributed by atoms with Crippen molar-refractivity contribution in [2.24, 2.45) is 0 Å². The summed E-state index contributed by atoms with van der Waals surface area (Å²) in [5.74, 6) is 3.63. The van der Waals surface area contributed by atoms with Crippen LogP contribution in [0.25, 0.3) is 10.4 Å². The predicted octanol–water partition coefficient (Wildman–Crippen LogP) is 6.41. The summed E-state index contributed by atoms with van der Waals surface area (Å²) in [5.41, 5.74) is 0.545. The SMILES string of the molecule is C=S1NC(c2ccc(-c3ccc(C(F)(F)F)nc3)s2)CC(C=O)N1C.CNc1ccc(F)c(Cl)c1. The van der Waals surface area contributed by atoms with Crippen molar-refractivity contribution in [3.05, 3.63) is 70.1 Å². The molecule has 3 aromatic rings. The van der Waals surface area contributed by atoms with Crippen molar-refractivity contribution in [3.8, 4) is 10.4 Å². The molecule has 0 aliphatic carbocycles. The van der Waals surface area contributed by atoms with Gasteiger partial charge < -0.3 is 10.1 Å². The molecule has 3 atom stereocenters. The summed E-state index contributed by atoms with van der Waals surface area (Å²) in [6, 6.07) is 10.5. The number of pyridine rings is 1. The minimum Gasteiger partial charge on any atom is -0.388 e. The fourth-order valence-corrected chi connectivity index (χ4v) is 5.72. The summed E-state index contributed by atoms with van der Waals surface area (Å²) >= 11 is 6.96. The number of benzene rings is 1. The van der Waals surface area contributed by atoms with E-state index in [2.05, 4.69) is 20.9 Å². The van der Waals surface area contributed by atoms with E-state index < -0.39 is 22.7 Å². The van der Waals surface area contributed by atoms with Crippen molar-refractivity contribution in [1.82, 2.24) is 14.0 Å². The second-order valence-corrected chi connectivity index (χ2v) is 10.6. The highest BCUT2D eigenvalue weighted by atomic mass is 35.5. The summed E-state index contributed by atoms with van der Waals surface area (Å²) in [6.07, 6.45) is -1.65. The van der Waals surface area contributed by atoms with Gasteiger partial charge >= 0.3 is 6.18 Å². The number of aromatic nitrogens is 1. The first kappa shape index (κ1) is 27.3. The Morgan fingerprint density at radius 1 is 1.29 bits per heavy atom. The van der Waals surface area contributed by atoms with Gasteiger partial charge in [0.1, 0.15) is 17.8 Å². The molecule has 1 fully saturated rings. The lowest BCUT2D eigenvalue weighted by molar-refractivity contribution is -0.141. The molecule has 188 valence electrons. The largest absolute Gasteiger partial charge is 0.433 e. The van der Waals surface area contributed by atoms with Crippen LogP contribution < -0.4 is 10.0 Å². The fraction of sp³-hybridized carbons (Fsp3) is 0.261. The lowest BCUT2D eigenvalue weighted by Gasteiger charge is -2.36. The van der Waals surface area contributed by atoms with Crippen LogP contribution in [0.4, 0.5) is 23.2 Å². The molecule has 1 aromatic carbocycles. The minimum absolute atomic E-state index is 0.00612. The third kappa shape index (κ3) is 6.89. The number of nitrogens with zero attached hydrogens (tertiary/aromatic N) is 2. The lowest BCUT2D eigenvalue weighted by atomic mass is 10.1. The molecule has 3 heterocycles. The van der Waals surface area contributed by atoms with Gasteiger partial charge in [-0.05, 0) is 61.8 Å². The molecular weight excluding hydrogens is 524 g/mol. The van der Waals surface area contributed by atoms with Crippen LogP contribution in [0.1, 0.15) is 23.0 Å². The van der Waals surface area contributed by atoms with Crippen LogP contribution in [-0.4, -0.2) is 41.6 Å². The maximum atomic E-state index is 12.6. The van der Waals surface area contributed by atoms with Crippen LogP contribution in [0.5, 0.6) is 0 Å². The Bertz CT molecular complexity index is 1190. The van der Waals surface area contributed by atoms with E-state index in [0.717, 1.165) is 27.8 Å². The smallest absolute Gasteiger partial charge is 0.388 e. The highest BCUT2D eigenvalue weighted by Gasteiger charge is 2.32. The van der Waals surface area contributed by atoms with Gasteiger partial charge in [0.15, 0.2) is 0 Å². The van der Waals surface area contributed by atoms with Gasteiger partial charge in [0.05, 0.1) is 17.1 Å². The first-order valence-electron chi connectivity index (χ1n) is 10.3. The van der Waals surface area contributed by atoms with E-state index in [4.69, 9.17) is 11.6 Å². The van der Waals surface area contributed by atoms with Crippen LogP contribution in [0.2, 0.25) is 5.02 Å². The number of aldehydes is 1. The van der Waals surface area contributed by atoms with Gasteiger partial charge in [-0.15, -0.1) is 11.3 Å². The number of nitrogens with one attached hydrogen (secondary N) is 2. The molecule has 1 aliphatic rings. The van der Waals surface area contributed by atoms with Crippen LogP contribution >= 0.6 is 33.8 Å². The molecule has 35 heavy (non-hydrogen) atoms. The van der Waals surface area contributed by atoms with E-state index in [9.17, 15) is 22.4 Å². The maximum absolute atomic E-state index is 12.6. The molecule has 0 bridgehead atoms. The summed E-state index contributed by atoms with van der Waals surface area (Å²) in [7, 11) is 3.13. The number of alkyl halides is 3. The number of carbonyl (C=O) groups excluding carboxylic acids is 1. The van der Waals surface area contributed by atoms with Crippen molar-refractivity contribution in [2.75, 3.05) is 19.4 Å². The molecule has 1 aliphatic heterocycles. The quantitative estimate of drug-likeness (QED) is 0.225. The summed E-state index contributed by atoms with van der Waals surface area (Å²) in [4.78, 5) is 16.6. The van der Waals surface area contributed by atoms with Crippen molar-refractivity contribution < 1.29 is 22.4 Å². The van der Waals surface area contributed by atoms with Crippen LogP contribution in [0.3, 0.4) is 0 Å². The van der Waals surface area contributed by atoms with Crippen molar-refractivity contribution in [3.63, 3.8) is 0 Å². The van der Waals surface area contributed by atoms with Gasteiger partial charge in [0.25, 0.3) is 0 Å². The molecule has 0 radical (unpaired) electrons. The molecule has 0 spiro atoms. The number of hydrogen-bond donors (Lipinski definition) is 2. The van der Waals surface area contributed by atoms with Crippen molar-refractivity contribution in [1.29, 1.82) is 0 Å². The Morgan fingerprint density at radius 3 is 2.60 bits per heavy atom. The Kier molecular flexibility index (Phi) is 9.05. The van der Waals surface area contributed by atoms with Gasteiger partial charge in [-0.1, -0.05) is 22.5 Å². The van der Waals surface area contributed by atoms with Crippen LogP contribution in [0.15, 0.2) is 48.7 Å². The van der Waals surface area contributed by atoms with Gasteiger partial charge in [-0.2, -0.15) is 13.2 Å². The molecule has 4 rings (SSSR count). The van der Waals surface area contributed by atoms with Crippen molar-refractivity contribution >= 4 is 51.6 Å². The van der Waals surface area contributed by atoms with Gasteiger partial charge in [0, 0.05) is 34.2 Å². The normalized spacial score (nSPS) is 20.6. The molecule has 12 heteroatoms. The predicted molar refractivity (Wildman–Crippen MR) is 136 cm³/mol. The highest BCUT2D eigenvalue weighted by molar-refractivity contribution is 8.10. The zero-order valence-electron chi connectivity index (χ0n) is 18.8. The standard InChI is InChI=1S/C16H16F3N3OS2.C7H7ClFN/c1-22-11(9-23)7-12(21-25(22)2)14-5-4-13(24-14)10-3-6-15(20-8-10)16(17,18)19;1-10-5-2-3-7(9)6(8)4-5/h3-6,8-9,11-12,21H,2,7H2,1H3;2-4,10H,1H3. The monoisotopic (exact) mass is 546 g/mol. The molecule has 2 N–H and O–H groups in total. The highest BCUT2D eigenvalue weighted by Crippen LogP contribution is 2.38. The maximum Gasteiger partial charge on any atom is 0.433 e. The number of likely N-dealkylation sites (N-methyl/N-ethyl adjacent to an activating group) is 1. The number of rotatable bonds is 4. The van der Waals surface area contributed by atoms with E-state index in [-0.39, 0.29) is 22.9 Å². The topological polar surface area (TPSA) is 57.3 Å². The Morgan fingerprint density at radius 2 is 2.03 bits per heavy atom. The number of thiophene rings is 1. The summed E-state index contributed by atoms with van der Waals surface area (Å²) in [5, 5.41) is 2.99. The van der Waals surface area contributed by atoms with Crippen molar-refractivity contribution in [2.45, 2.75) is 24.7 Å². The third-order valence-electron chi connectivity index (χ3n) is 5.24. The number of carbonyl (C=O) groups is 1. The molecule has 2 aromatic heterocycles. The first-order chi connectivity index (χ1) is 16.5. The zero-order valence-corrected chi connectivity index (χ0v) is 21.2. The fourth-order valence-electron chi connectivity index (χ4n) is 3.22. The third-order valence-corrected chi connectivity index (χ3v) is 8.30. The summed E-state index contributed by atoms with van der Waals surface area (Å²) in [6.45, 7) is 0. The molecule has 3 unspecified atom stereocenters. The minimum atomic E-state index is -4.44. The van der Waals surface area contributed by atoms with Crippen LogP contribution in [0, 0.1) is 5.82 Å². The van der Waals surface area contributed by atoms with E-state index in [1.165, 1.54) is 35.7 Å². The number of halogens is 5.